The Morgan fingerprint density at radius 2 is 2.16 bits per heavy atom. The van der Waals surface area contributed by atoms with E-state index in [0.29, 0.717) is 11.8 Å². The number of hydrogen-bond donors (Lipinski definition) is 0. The van der Waals surface area contributed by atoms with Crippen LogP contribution in [0.4, 0.5) is 0 Å². The lowest BCUT2D eigenvalue weighted by Gasteiger charge is -2.56. The Morgan fingerprint density at radius 1 is 1.42 bits per heavy atom. The van der Waals surface area contributed by atoms with Gasteiger partial charge < -0.3 is 9.47 Å². The average molecular weight is 287 g/mol. The summed E-state index contributed by atoms with van der Waals surface area (Å²) >= 11 is 7.05. The molecule has 0 N–H and O–H groups in total. The molecule has 4 heteroatoms. The second-order valence-corrected chi connectivity index (χ2v) is 7.47. The molecule has 0 aromatic carbocycles. The molecule has 3 fully saturated rings. The lowest BCUT2D eigenvalue weighted by molar-refractivity contribution is -0.151. The van der Waals surface area contributed by atoms with E-state index >= 15 is 0 Å². The van der Waals surface area contributed by atoms with Crippen LogP contribution in [-0.2, 0) is 14.3 Å². The molecule has 1 saturated heterocycles. The zero-order valence-corrected chi connectivity index (χ0v) is 12.7. The minimum absolute atomic E-state index is 0.0343. The topological polar surface area (TPSA) is 35.5 Å². The van der Waals surface area contributed by atoms with Crippen molar-refractivity contribution in [1.82, 2.24) is 0 Å². The molecule has 108 valence electrons. The summed E-state index contributed by atoms with van der Waals surface area (Å²) in [5, 5.41) is 0. The highest BCUT2D eigenvalue weighted by Gasteiger charge is 2.68. The van der Waals surface area contributed by atoms with Crippen LogP contribution < -0.4 is 0 Å². The fraction of sp³-hybridized carbons (Fsp3) is 0.933. The van der Waals surface area contributed by atoms with Gasteiger partial charge in [-0.15, -0.1) is 11.6 Å². The first kappa shape index (κ1) is 13.7. The van der Waals surface area contributed by atoms with Gasteiger partial charge in [0.2, 0.25) is 0 Å². The molecule has 19 heavy (non-hydrogen) atoms. The Bertz CT molecular complexity index is 399. The molecular formula is C15H23ClO3. The highest BCUT2D eigenvalue weighted by Crippen LogP contribution is 2.65. The van der Waals surface area contributed by atoms with Gasteiger partial charge in [-0.3, -0.25) is 4.79 Å². The minimum Gasteiger partial charge on any atom is -0.462 e. The summed E-state index contributed by atoms with van der Waals surface area (Å²) in [7, 11) is 0. The molecule has 2 aliphatic carbocycles. The van der Waals surface area contributed by atoms with Gasteiger partial charge in [0.05, 0.1) is 17.6 Å². The van der Waals surface area contributed by atoms with Crippen molar-refractivity contribution in [3.05, 3.63) is 0 Å². The first-order valence-electron chi connectivity index (χ1n) is 7.37. The third kappa shape index (κ3) is 1.77. The number of rotatable bonds is 1. The fourth-order valence-corrected chi connectivity index (χ4v) is 5.35. The highest BCUT2D eigenvalue weighted by molar-refractivity contribution is 6.25. The van der Waals surface area contributed by atoms with E-state index in [9.17, 15) is 4.79 Å². The molecule has 0 radical (unpaired) electrons. The smallest absolute Gasteiger partial charge is 0.302 e. The van der Waals surface area contributed by atoms with Gasteiger partial charge in [0, 0.05) is 18.8 Å². The number of carbonyl (C=O) groups is 1. The third-order valence-electron chi connectivity index (χ3n) is 5.96. The molecule has 0 unspecified atom stereocenters. The number of alkyl halides is 1. The van der Waals surface area contributed by atoms with Gasteiger partial charge in [-0.2, -0.15) is 0 Å². The molecule has 2 saturated carbocycles. The van der Waals surface area contributed by atoms with Crippen LogP contribution in [0.1, 0.15) is 46.5 Å². The van der Waals surface area contributed by atoms with Crippen LogP contribution in [0.5, 0.6) is 0 Å². The van der Waals surface area contributed by atoms with Crippen molar-refractivity contribution >= 4 is 17.6 Å². The van der Waals surface area contributed by atoms with E-state index in [1.165, 1.54) is 6.92 Å². The predicted molar refractivity (Wildman–Crippen MR) is 73.1 cm³/mol. The molecule has 0 spiro atoms. The summed E-state index contributed by atoms with van der Waals surface area (Å²) in [4.78, 5) is 10.8. The number of esters is 1. The molecule has 1 aliphatic heterocycles. The van der Waals surface area contributed by atoms with Crippen LogP contribution in [0.2, 0.25) is 0 Å². The van der Waals surface area contributed by atoms with E-state index < -0.39 is 0 Å². The average Bonchev–Trinajstić information content (AvgIpc) is 2.53. The monoisotopic (exact) mass is 286 g/mol. The van der Waals surface area contributed by atoms with Crippen LogP contribution in [-0.4, -0.2) is 29.7 Å². The molecule has 6 atom stereocenters. The summed E-state index contributed by atoms with van der Waals surface area (Å²) in [6, 6.07) is 0. The van der Waals surface area contributed by atoms with Gasteiger partial charge >= 0.3 is 5.97 Å². The highest BCUT2D eigenvalue weighted by atomic mass is 35.5. The fourth-order valence-electron chi connectivity index (χ4n) is 4.70. The van der Waals surface area contributed by atoms with Crippen molar-refractivity contribution in [2.75, 3.05) is 6.61 Å². The van der Waals surface area contributed by atoms with E-state index in [4.69, 9.17) is 21.1 Å². The number of hydrogen-bond acceptors (Lipinski definition) is 3. The van der Waals surface area contributed by atoms with Gasteiger partial charge in [-0.25, -0.2) is 0 Å². The molecule has 3 rings (SSSR count). The summed E-state index contributed by atoms with van der Waals surface area (Å²) < 4.78 is 11.4. The van der Waals surface area contributed by atoms with E-state index in [1.807, 2.05) is 0 Å². The maximum absolute atomic E-state index is 11.2. The molecule has 0 amide bonds. The van der Waals surface area contributed by atoms with Crippen LogP contribution in [0.15, 0.2) is 0 Å². The quantitative estimate of drug-likeness (QED) is 0.549. The molecule has 2 bridgehead atoms. The first-order valence-corrected chi connectivity index (χ1v) is 7.74. The standard InChI is InChI=1S/C15H23ClO3/c1-9-6-13-15(16)7-12(19-11(3)17)4-5-14(15,8-18-13)10(9)2/h9-10,12-13H,4-8H2,1-3H3/t9-,10+,12+,13+,14-,15+/m0/s1. The SMILES string of the molecule is CC(=O)O[C@@H]1CC[C@]23CO[C@H](C[C@H](C)[C@H]2C)[C@]3(Cl)C1. The maximum Gasteiger partial charge on any atom is 0.302 e. The minimum atomic E-state index is -0.336. The zero-order valence-electron chi connectivity index (χ0n) is 11.9. The maximum atomic E-state index is 11.2. The third-order valence-corrected chi connectivity index (χ3v) is 6.74. The molecular weight excluding hydrogens is 264 g/mol. The second kappa shape index (κ2) is 4.36. The van der Waals surface area contributed by atoms with Gasteiger partial charge in [0.15, 0.2) is 0 Å². The lowest BCUT2D eigenvalue weighted by Crippen LogP contribution is -2.60. The van der Waals surface area contributed by atoms with Gasteiger partial charge in [0.25, 0.3) is 0 Å². The van der Waals surface area contributed by atoms with E-state index in [2.05, 4.69) is 13.8 Å². The van der Waals surface area contributed by atoms with E-state index in [-0.39, 0.29) is 28.5 Å². The molecule has 0 aromatic heterocycles. The largest absolute Gasteiger partial charge is 0.462 e. The predicted octanol–water partition coefficient (Wildman–Crippen LogP) is 3.14. The van der Waals surface area contributed by atoms with Crippen molar-refractivity contribution in [1.29, 1.82) is 0 Å². The Morgan fingerprint density at radius 3 is 2.84 bits per heavy atom. The Labute approximate surface area is 120 Å². The van der Waals surface area contributed by atoms with Crippen molar-refractivity contribution in [3.8, 4) is 0 Å². The van der Waals surface area contributed by atoms with Crippen LogP contribution in [0.25, 0.3) is 0 Å². The van der Waals surface area contributed by atoms with E-state index in [0.717, 1.165) is 32.3 Å². The summed E-state index contributed by atoms with van der Waals surface area (Å²) in [6.07, 6.45) is 3.79. The van der Waals surface area contributed by atoms with Gasteiger partial charge in [-0.1, -0.05) is 13.8 Å². The summed E-state index contributed by atoms with van der Waals surface area (Å²) in [5.74, 6) is 1.03. The Balaban J connectivity index is 1.89. The molecule has 1 heterocycles. The second-order valence-electron chi connectivity index (χ2n) is 6.79. The van der Waals surface area contributed by atoms with Crippen LogP contribution in [0.3, 0.4) is 0 Å². The van der Waals surface area contributed by atoms with Gasteiger partial charge in [0.1, 0.15) is 6.10 Å². The normalized spacial score (nSPS) is 52.6. The molecule has 0 aromatic rings. The zero-order chi connectivity index (χ0) is 13.8. The lowest BCUT2D eigenvalue weighted by atomic mass is 9.52. The number of ether oxygens (including phenoxy) is 2. The van der Waals surface area contributed by atoms with E-state index in [1.54, 1.807) is 0 Å². The summed E-state index contributed by atoms with van der Waals surface area (Å²) in [5.41, 5.74) is 0.0769. The molecule has 3 aliphatic rings. The first-order chi connectivity index (χ1) is 8.89. The Hall–Kier alpha value is -0.280. The van der Waals surface area contributed by atoms with Crippen molar-refractivity contribution in [3.63, 3.8) is 0 Å². The van der Waals surface area contributed by atoms with Crippen LogP contribution in [0, 0.1) is 17.3 Å². The van der Waals surface area contributed by atoms with Crippen molar-refractivity contribution in [2.45, 2.75) is 63.5 Å². The number of halogens is 1. The molecule has 3 nitrogen and oxygen atoms in total. The van der Waals surface area contributed by atoms with Crippen molar-refractivity contribution < 1.29 is 14.3 Å². The number of carbonyl (C=O) groups excluding carboxylic acids is 1. The van der Waals surface area contributed by atoms with Gasteiger partial charge in [-0.05, 0) is 31.1 Å². The van der Waals surface area contributed by atoms with Crippen molar-refractivity contribution in [2.24, 2.45) is 17.3 Å². The van der Waals surface area contributed by atoms with Crippen LogP contribution >= 0.6 is 11.6 Å². The Kier molecular flexibility index (Phi) is 3.14. The summed E-state index contributed by atoms with van der Waals surface area (Å²) in [6.45, 7) is 6.88.